The van der Waals surface area contributed by atoms with Crippen molar-refractivity contribution < 1.29 is 34.8 Å². The van der Waals surface area contributed by atoms with Crippen molar-refractivity contribution >= 4 is 11.7 Å². The van der Waals surface area contributed by atoms with Gasteiger partial charge >= 0.3 is 0 Å². The first kappa shape index (κ1) is 18.9. The molecule has 0 aromatic rings. The highest BCUT2D eigenvalue weighted by molar-refractivity contribution is 5.80. The summed E-state index contributed by atoms with van der Waals surface area (Å²) in [6, 6.07) is 0. The molecule has 0 radical (unpaired) electrons. The Labute approximate surface area is 117 Å². The van der Waals surface area contributed by atoms with Gasteiger partial charge < -0.3 is 30.9 Å². The zero-order valence-electron chi connectivity index (χ0n) is 11.6. The van der Waals surface area contributed by atoms with Gasteiger partial charge in [0, 0.05) is 19.8 Å². The molecule has 1 aliphatic heterocycles. The minimum Gasteiger partial charge on any atom is -0.394 e. The lowest BCUT2D eigenvalue weighted by atomic mass is 9.94. The molecule has 0 saturated carbocycles. The van der Waals surface area contributed by atoms with Gasteiger partial charge in [-0.3, -0.25) is 9.59 Å². The van der Waals surface area contributed by atoms with Crippen molar-refractivity contribution in [2.24, 2.45) is 5.73 Å². The number of Topliss-reactive ketones (excluding diaryl/α,β-unsaturated/α-hetero) is 1. The molecule has 1 rings (SSSR count). The first-order valence-corrected chi connectivity index (χ1v) is 6.26. The van der Waals surface area contributed by atoms with Crippen LogP contribution in [-0.2, 0) is 14.3 Å². The van der Waals surface area contributed by atoms with Crippen LogP contribution in [-0.4, -0.2) is 69.2 Å². The number of carbonyl (C=O) groups excluding carboxylic acids is 2. The van der Waals surface area contributed by atoms with Gasteiger partial charge in [0.2, 0.25) is 5.91 Å². The van der Waals surface area contributed by atoms with Crippen LogP contribution in [0.3, 0.4) is 0 Å². The van der Waals surface area contributed by atoms with Crippen molar-refractivity contribution in [3.63, 3.8) is 0 Å². The summed E-state index contributed by atoms with van der Waals surface area (Å²) in [5.74, 6) is -0.561. The van der Waals surface area contributed by atoms with E-state index < -0.39 is 37.1 Å². The van der Waals surface area contributed by atoms with Crippen LogP contribution in [0.2, 0.25) is 0 Å². The Morgan fingerprint density at radius 1 is 1.30 bits per heavy atom. The third-order valence-electron chi connectivity index (χ3n) is 2.75. The summed E-state index contributed by atoms with van der Waals surface area (Å²) in [5.41, 5.74) is 4.47. The van der Waals surface area contributed by atoms with E-state index in [1.165, 1.54) is 13.8 Å². The molecule has 0 aromatic heterocycles. The minimum absolute atomic E-state index is 0.141. The van der Waals surface area contributed by atoms with Gasteiger partial charge in [0.15, 0.2) is 5.78 Å². The Morgan fingerprint density at radius 2 is 1.80 bits per heavy atom. The largest absolute Gasteiger partial charge is 0.394 e. The number of hydrogen-bond acceptors (Lipinski definition) is 7. The molecule has 1 heterocycles. The van der Waals surface area contributed by atoms with E-state index >= 15 is 0 Å². The van der Waals surface area contributed by atoms with E-state index in [2.05, 4.69) is 5.73 Å². The van der Waals surface area contributed by atoms with E-state index in [1.807, 2.05) is 0 Å². The lowest BCUT2D eigenvalue weighted by Gasteiger charge is -2.35. The number of ether oxygens (including phenoxy) is 1. The predicted octanol–water partition coefficient (Wildman–Crippen LogP) is -2.31. The van der Waals surface area contributed by atoms with Crippen LogP contribution in [0.1, 0.15) is 26.7 Å². The van der Waals surface area contributed by atoms with E-state index in [0.29, 0.717) is 0 Å². The molecule has 1 aliphatic rings. The molecule has 8 nitrogen and oxygen atoms in total. The molecular weight excluding hydrogens is 270 g/mol. The van der Waals surface area contributed by atoms with Gasteiger partial charge in [-0.25, -0.2) is 0 Å². The number of aliphatic hydroxyl groups is 4. The molecule has 1 amide bonds. The molecule has 6 N–H and O–H groups in total. The zero-order chi connectivity index (χ0) is 15.9. The average Bonchev–Trinajstić information content (AvgIpc) is 2.35. The molecule has 8 heteroatoms. The Bertz CT molecular complexity index is 319. The van der Waals surface area contributed by atoms with Crippen molar-refractivity contribution in [1.29, 1.82) is 0 Å². The van der Waals surface area contributed by atoms with Crippen LogP contribution in [0.15, 0.2) is 0 Å². The second-order valence-corrected chi connectivity index (χ2v) is 4.75. The number of carbonyl (C=O) groups is 2. The van der Waals surface area contributed by atoms with Gasteiger partial charge in [-0.05, 0) is 6.92 Å². The number of aliphatic hydroxyl groups excluding tert-OH is 4. The number of rotatable bonds is 4. The highest BCUT2D eigenvalue weighted by Crippen LogP contribution is 2.23. The lowest BCUT2D eigenvalue weighted by Crippen LogP contribution is -2.49. The molecule has 0 spiro atoms. The summed E-state index contributed by atoms with van der Waals surface area (Å²) in [6.07, 6.45) is -4.62. The predicted molar refractivity (Wildman–Crippen MR) is 68.6 cm³/mol. The molecule has 1 saturated heterocycles. The summed E-state index contributed by atoms with van der Waals surface area (Å²) in [6.45, 7) is 2.05. The molecule has 0 bridgehead atoms. The lowest BCUT2D eigenvalue weighted by molar-refractivity contribution is -0.173. The molecule has 5 unspecified atom stereocenters. The maximum Gasteiger partial charge on any atom is 0.214 e. The summed E-state index contributed by atoms with van der Waals surface area (Å²) in [4.78, 5) is 20.3. The molecule has 5 atom stereocenters. The fourth-order valence-electron chi connectivity index (χ4n) is 1.77. The fourth-order valence-corrected chi connectivity index (χ4v) is 1.77. The maximum atomic E-state index is 11.1. The summed E-state index contributed by atoms with van der Waals surface area (Å²) >= 11 is 0. The SMILES string of the molecule is CC(=O)C1CC(O)CC(C(O)C(O)CO)O1.CC(N)=O. The zero-order valence-corrected chi connectivity index (χ0v) is 11.6. The number of primary amides is 1. The van der Waals surface area contributed by atoms with Crippen molar-refractivity contribution in [3.05, 3.63) is 0 Å². The van der Waals surface area contributed by atoms with Crippen LogP contribution >= 0.6 is 0 Å². The molecule has 118 valence electrons. The van der Waals surface area contributed by atoms with Crippen molar-refractivity contribution in [2.75, 3.05) is 6.61 Å². The highest BCUT2D eigenvalue weighted by atomic mass is 16.5. The average molecular weight is 293 g/mol. The van der Waals surface area contributed by atoms with Gasteiger partial charge in [0.25, 0.3) is 0 Å². The van der Waals surface area contributed by atoms with E-state index in [1.54, 1.807) is 0 Å². The van der Waals surface area contributed by atoms with Crippen LogP contribution in [0.5, 0.6) is 0 Å². The first-order valence-electron chi connectivity index (χ1n) is 6.26. The Balaban J connectivity index is 0.000000796. The van der Waals surface area contributed by atoms with E-state index in [-0.39, 0.29) is 24.5 Å². The second kappa shape index (κ2) is 8.98. The van der Waals surface area contributed by atoms with Gasteiger partial charge in [0.1, 0.15) is 18.3 Å². The van der Waals surface area contributed by atoms with Gasteiger partial charge in [0.05, 0.1) is 18.8 Å². The fraction of sp³-hybridized carbons (Fsp3) is 0.833. The number of ketones is 1. The van der Waals surface area contributed by atoms with Crippen LogP contribution < -0.4 is 5.73 Å². The minimum atomic E-state index is -1.33. The van der Waals surface area contributed by atoms with Gasteiger partial charge in [-0.15, -0.1) is 0 Å². The molecular formula is C12H23NO7. The Kier molecular flexibility index (Phi) is 8.51. The standard InChI is InChI=1S/C10H18O6.C2H5NO/c1-5(12)8-2-6(13)3-9(16-8)10(15)7(14)4-11;1-2(3)4/h6-11,13-15H,2-4H2,1H3;1H3,(H2,3,4). The summed E-state index contributed by atoms with van der Waals surface area (Å²) in [7, 11) is 0. The van der Waals surface area contributed by atoms with E-state index in [0.717, 1.165) is 0 Å². The normalized spacial score (nSPS) is 28.8. The van der Waals surface area contributed by atoms with E-state index in [9.17, 15) is 24.9 Å². The molecule has 0 aromatic carbocycles. The molecule has 0 aliphatic carbocycles. The second-order valence-electron chi connectivity index (χ2n) is 4.75. The molecule has 20 heavy (non-hydrogen) atoms. The van der Waals surface area contributed by atoms with Gasteiger partial charge in [-0.1, -0.05) is 0 Å². The Morgan fingerprint density at radius 3 is 2.20 bits per heavy atom. The van der Waals surface area contributed by atoms with Crippen molar-refractivity contribution in [1.82, 2.24) is 0 Å². The van der Waals surface area contributed by atoms with Crippen LogP contribution in [0.4, 0.5) is 0 Å². The summed E-state index contributed by atoms with van der Waals surface area (Å²) < 4.78 is 5.27. The van der Waals surface area contributed by atoms with Crippen molar-refractivity contribution in [3.8, 4) is 0 Å². The number of amides is 1. The monoisotopic (exact) mass is 293 g/mol. The quantitative estimate of drug-likeness (QED) is 0.390. The number of nitrogens with two attached hydrogens (primary N) is 1. The van der Waals surface area contributed by atoms with Crippen molar-refractivity contribution in [2.45, 2.75) is 57.2 Å². The molecule has 1 fully saturated rings. The first-order chi connectivity index (χ1) is 9.18. The summed E-state index contributed by atoms with van der Waals surface area (Å²) in [5, 5.41) is 37.0. The van der Waals surface area contributed by atoms with E-state index in [4.69, 9.17) is 9.84 Å². The smallest absolute Gasteiger partial charge is 0.214 e. The van der Waals surface area contributed by atoms with Crippen LogP contribution in [0, 0.1) is 0 Å². The third kappa shape index (κ3) is 6.92. The Hall–Kier alpha value is -1.06. The maximum absolute atomic E-state index is 11.1. The highest BCUT2D eigenvalue weighted by Gasteiger charge is 2.37. The van der Waals surface area contributed by atoms with Crippen LogP contribution in [0.25, 0.3) is 0 Å². The van der Waals surface area contributed by atoms with Gasteiger partial charge in [-0.2, -0.15) is 0 Å². The third-order valence-corrected chi connectivity index (χ3v) is 2.75. The number of hydrogen-bond donors (Lipinski definition) is 5. The topological polar surface area (TPSA) is 150 Å².